The summed E-state index contributed by atoms with van der Waals surface area (Å²) in [6.07, 6.45) is 3.13. The summed E-state index contributed by atoms with van der Waals surface area (Å²) >= 11 is 7.13. The summed E-state index contributed by atoms with van der Waals surface area (Å²) in [5.41, 5.74) is 0.802. The Kier molecular flexibility index (Phi) is 6.35. The van der Waals surface area contributed by atoms with Crippen LogP contribution in [-0.4, -0.2) is 28.3 Å². The molecule has 1 aromatic carbocycles. The molecule has 2 amide bonds. The second-order valence-corrected chi connectivity index (χ2v) is 6.72. The maximum atomic E-state index is 12.1. The number of aromatic nitrogens is 2. The summed E-state index contributed by atoms with van der Waals surface area (Å²) in [7, 11) is 0. The van der Waals surface area contributed by atoms with Crippen LogP contribution < -0.4 is 15.4 Å². The third-order valence-corrected chi connectivity index (χ3v) is 4.39. The lowest BCUT2D eigenvalue weighted by molar-refractivity contribution is -0.115. The molecule has 2 N–H and O–H groups in total. The van der Waals surface area contributed by atoms with Crippen molar-refractivity contribution >= 4 is 40.4 Å². The molecule has 3 aromatic rings. The first-order valence-electron chi connectivity index (χ1n) is 7.91. The number of carbonyl (C=O) groups excluding carboxylic acids is 2. The van der Waals surface area contributed by atoms with E-state index in [9.17, 15) is 9.59 Å². The molecular weight excluding hydrogens is 388 g/mol. The van der Waals surface area contributed by atoms with Crippen molar-refractivity contribution in [1.82, 2.24) is 15.3 Å². The summed E-state index contributed by atoms with van der Waals surface area (Å²) in [6.45, 7) is 0.0724. The van der Waals surface area contributed by atoms with Gasteiger partial charge in [-0.2, -0.15) is 0 Å². The quantitative estimate of drug-likeness (QED) is 0.633. The van der Waals surface area contributed by atoms with Gasteiger partial charge in [-0.25, -0.2) is 4.98 Å². The minimum Gasteiger partial charge on any atom is -0.486 e. The van der Waals surface area contributed by atoms with Crippen LogP contribution in [0.5, 0.6) is 5.75 Å². The highest BCUT2D eigenvalue weighted by Gasteiger charge is 2.12. The second-order valence-electron chi connectivity index (χ2n) is 5.34. The van der Waals surface area contributed by atoms with Crippen molar-refractivity contribution in [1.29, 1.82) is 0 Å². The Labute approximate surface area is 164 Å². The van der Waals surface area contributed by atoms with Crippen LogP contribution in [0.25, 0.3) is 0 Å². The predicted molar refractivity (Wildman–Crippen MR) is 103 cm³/mol. The van der Waals surface area contributed by atoms with Crippen molar-refractivity contribution in [2.75, 3.05) is 11.9 Å². The van der Waals surface area contributed by atoms with E-state index in [1.165, 1.54) is 17.5 Å². The Hall–Kier alpha value is -2.97. The SMILES string of the molecule is O=C(CNC(=O)c1csc(COc2ccc(Cl)cc2)n1)Nc1cccnc1. The van der Waals surface area contributed by atoms with Gasteiger partial charge in [0.25, 0.3) is 5.91 Å². The number of nitrogens with one attached hydrogen (secondary N) is 2. The lowest BCUT2D eigenvalue weighted by atomic mass is 10.3. The first-order chi connectivity index (χ1) is 13.1. The molecule has 138 valence electrons. The smallest absolute Gasteiger partial charge is 0.271 e. The van der Waals surface area contributed by atoms with Crippen molar-refractivity contribution in [3.63, 3.8) is 0 Å². The zero-order valence-corrected chi connectivity index (χ0v) is 15.6. The number of ether oxygens (including phenoxy) is 1. The molecule has 0 spiro atoms. The van der Waals surface area contributed by atoms with Gasteiger partial charge in [-0.3, -0.25) is 14.6 Å². The number of hydrogen-bond acceptors (Lipinski definition) is 6. The van der Waals surface area contributed by atoms with Crippen molar-refractivity contribution in [3.8, 4) is 5.75 Å². The van der Waals surface area contributed by atoms with Crippen LogP contribution in [0.15, 0.2) is 54.2 Å². The summed E-state index contributed by atoms with van der Waals surface area (Å²) < 4.78 is 5.59. The molecule has 0 radical (unpaired) electrons. The highest BCUT2D eigenvalue weighted by Crippen LogP contribution is 2.18. The summed E-state index contributed by atoms with van der Waals surface area (Å²) in [5, 5.41) is 8.06. The lowest BCUT2D eigenvalue weighted by Crippen LogP contribution is -2.33. The number of benzene rings is 1. The fourth-order valence-corrected chi connectivity index (χ4v) is 2.86. The standard InChI is InChI=1S/C18H15ClN4O3S/c19-12-3-5-14(6-4-12)26-10-17-23-15(11-27-17)18(25)21-9-16(24)22-13-2-1-7-20-8-13/h1-8,11H,9-10H2,(H,21,25)(H,22,24). The molecule has 0 aliphatic heterocycles. The molecule has 0 aliphatic rings. The first-order valence-corrected chi connectivity index (χ1v) is 9.17. The van der Waals surface area contributed by atoms with Crippen LogP contribution in [0.2, 0.25) is 5.02 Å². The molecule has 2 heterocycles. The normalized spacial score (nSPS) is 10.3. The van der Waals surface area contributed by atoms with Crippen LogP contribution in [0, 0.1) is 0 Å². The van der Waals surface area contributed by atoms with E-state index < -0.39 is 5.91 Å². The Balaban J connectivity index is 1.46. The Morgan fingerprint density at radius 1 is 1.19 bits per heavy atom. The molecule has 0 aliphatic carbocycles. The number of amides is 2. The largest absolute Gasteiger partial charge is 0.486 e. The van der Waals surface area contributed by atoms with Gasteiger partial charge in [-0.15, -0.1) is 11.3 Å². The molecule has 0 unspecified atom stereocenters. The van der Waals surface area contributed by atoms with Crippen molar-refractivity contribution in [3.05, 3.63) is 69.9 Å². The van der Waals surface area contributed by atoms with Crippen LogP contribution in [0.1, 0.15) is 15.5 Å². The number of thiazole rings is 1. The fraction of sp³-hybridized carbons (Fsp3) is 0.111. The van der Waals surface area contributed by atoms with Gasteiger partial charge in [0, 0.05) is 16.6 Å². The Bertz CT molecular complexity index is 916. The van der Waals surface area contributed by atoms with Gasteiger partial charge in [0.15, 0.2) is 0 Å². The zero-order chi connectivity index (χ0) is 19.1. The zero-order valence-electron chi connectivity index (χ0n) is 14.0. The molecule has 0 bridgehead atoms. The van der Waals surface area contributed by atoms with E-state index in [-0.39, 0.29) is 24.8 Å². The molecule has 2 aromatic heterocycles. The van der Waals surface area contributed by atoms with Gasteiger partial charge in [-0.05, 0) is 36.4 Å². The van der Waals surface area contributed by atoms with Gasteiger partial charge in [-0.1, -0.05) is 11.6 Å². The number of anilines is 1. The molecule has 0 saturated heterocycles. The number of carbonyl (C=O) groups is 2. The number of pyridine rings is 1. The summed E-state index contributed by atoms with van der Waals surface area (Å²) in [5.74, 6) is -0.115. The molecular formula is C18H15ClN4O3S. The molecule has 7 nitrogen and oxygen atoms in total. The molecule has 27 heavy (non-hydrogen) atoms. The highest BCUT2D eigenvalue weighted by atomic mass is 35.5. The van der Waals surface area contributed by atoms with Crippen LogP contribution in [-0.2, 0) is 11.4 Å². The van der Waals surface area contributed by atoms with Crippen LogP contribution >= 0.6 is 22.9 Å². The van der Waals surface area contributed by atoms with Crippen molar-refractivity contribution in [2.45, 2.75) is 6.61 Å². The van der Waals surface area contributed by atoms with E-state index in [0.29, 0.717) is 21.5 Å². The first kappa shape index (κ1) is 18.8. The maximum Gasteiger partial charge on any atom is 0.271 e. The van der Waals surface area contributed by atoms with E-state index in [0.717, 1.165) is 0 Å². The lowest BCUT2D eigenvalue weighted by Gasteiger charge is -2.05. The topological polar surface area (TPSA) is 93.2 Å². The van der Waals surface area contributed by atoms with Gasteiger partial charge in [0.1, 0.15) is 23.1 Å². The molecule has 9 heteroatoms. The average Bonchev–Trinajstić information content (AvgIpc) is 3.16. The number of hydrogen-bond donors (Lipinski definition) is 2. The molecule has 0 atom stereocenters. The van der Waals surface area contributed by atoms with E-state index in [4.69, 9.17) is 16.3 Å². The summed E-state index contributed by atoms with van der Waals surface area (Å²) in [6, 6.07) is 10.4. The highest BCUT2D eigenvalue weighted by molar-refractivity contribution is 7.09. The molecule has 0 fully saturated rings. The van der Waals surface area contributed by atoms with Crippen molar-refractivity contribution < 1.29 is 14.3 Å². The monoisotopic (exact) mass is 402 g/mol. The van der Waals surface area contributed by atoms with E-state index in [1.807, 2.05) is 0 Å². The number of rotatable bonds is 7. The fourth-order valence-electron chi connectivity index (χ4n) is 2.05. The van der Waals surface area contributed by atoms with Crippen LogP contribution in [0.4, 0.5) is 5.69 Å². The predicted octanol–water partition coefficient (Wildman–Crippen LogP) is 3.14. The number of halogens is 1. The Morgan fingerprint density at radius 3 is 2.74 bits per heavy atom. The maximum absolute atomic E-state index is 12.1. The van der Waals surface area contributed by atoms with E-state index in [2.05, 4.69) is 20.6 Å². The summed E-state index contributed by atoms with van der Waals surface area (Å²) in [4.78, 5) is 32.1. The van der Waals surface area contributed by atoms with Gasteiger partial charge < -0.3 is 15.4 Å². The Morgan fingerprint density at radius 2 is 2.00 bits per heavy atom. The van der Waals surface area contributed by atoms with E-state index >= 15 is 0 Å². The second kappa shape index (κ2) is 9.11. The minimum absolute atomic E-state index is 0.165. The third-order valence-electron chi connectivity index (χ3n) is 3.32. The minimum atomic E-state index is -0.426. The molecule has 3 rings (SSSR count). The van der Waals surface area contributed by atoms with Gasteiger partial charge in [0.2, 0.25) is 5.91 Å². The third kappa shape index (κ3) is 5.77. The van der Waals surface area contributed by atoms with Gasteiger partial charge >= 0.3 is 0 Å². The van der Waals surface area contributed by atoms with Crippen molar-refractivity contribution in [2.24, 2.45) is 0 Å². The number of nitrogens with zero attached hydrogens (tertiary/aromatic N) is 2. The van der Waals surface area contributed by atoms with E-state index in [1.54, 1.807) is 48.0 Å². The average molecular weight is 403 g/mol. The van der Waals surface area contributed by atoms with Gasteiger partial charge in [0.05, 0.1) is 18.4 Å². The van der Waals surface area contributed by atoms with Crippen LogP contribution in [0.3, 0.4) is 0 Å². The molecule has 0 saturated carbocycles.